The number of nitrogens with zero attached hydrogens (tertiary/aromatic N) is 3. The average Bonchev–Trinajstić information content (AvgIpc) is 3.20. The fourth-order valence-electron chi connectivity index (χ4n) is 2.35. The van der Waals surface area contributed by atoms with Crippen LogP contribution in [0.1, 0.15) is 16.1 Å². The van der Waals surface area contributed by atoms with E-state index in [1.54, 1.807) is 18.2 Å². The molecule has 0 unspecified atom stereocenters. The van der Waals surface area contributed by atoms with Crippen molar-refractivity contribution >= 4 is 33.7 Å². The number of thiophene rings is 1. The zero-order chi connectivity index (χ0) is 17.4. The van der Waals surface area contributed by atoms with E-state index >= 15 is 0 Å². The van der Waals surface area contributed by atoms with Crippen molar-refractivity contribution in [3.8, 4) is 0 Å². The fourth-order valence-corrected chi connectivity index (χ4v) is 3.98. The first kappa shape index (κ1) is 15.8. The molecule has 3 aromatic heterocycles. The molecule has 0 aliphatic rings. The Balaban J connectivity index is 1.81. The third kappa shape index (κ3) is 3.13. The van der Waals surface area contributed by atoms with Crippen LogP contribution < -0.4 is 15.7 Å². The molecule has 4 rings (SSSR count). The zero-order valence-electron chi connectivity index (χ0n) is 12.7. The Bertz CT molecular complexity index is 1210. The number of benzene rings is 1. The van der Waals surface area contributed by atoms with Gasteiger partial charge in [0.15, 0.2) is 0 Å². The molecule has 5 nitrogen and oxygen atoms in total. The van der Waals surface area contributed by atoms with Gasteiger partial charge in [-0.3, -0.25) is 9.59 Å². The molecule has 124 valence electrons. The van der Waals surface area contributed by atoms with E-state index in [2.05, 4.69) is 10.1 Å². The fraction of sp³-hybridized carbons (Fsp3) is 0.0588. The van der Waals surface area contributed by atoms with Gasteiger partial charge in [-0.1, -0.05) is 29.5 Å². The minimum atomic E-state index is -0.478. The van der Waals surface area contributed by atoms with Crippen LogP contribution in [-0.2, 0) is 6.42 Å². The predicted molar refractivity (Wildman–Crippen MR) is 95.7 cm³/mol. The molecule has 4 aromatic rings. The van der Waals surface area contributed by atoms with Gasteiger partial charge in [0.25, 0.3) is 11.1 Å². The third-order valence-electron chi connectivity index (χ3n) is 3.55. The Morgan fingerprint density at radius 1 is 1.16 bits per heavy atom. The van der Waals surface area contributed by atoms with Gasteiger partial charge >= 0.3 is 0 Å². The van der Waals surface area contributed by atoms with E-state index < -0.39 is 5.56 Å². The molecular weight excluding hydrogens is 361 g/mol. The van der Waals surface area contributed by atoms with E-state index in [4.69, 9.17) is 0 Å². The van der Waals surface area contributed by atoms with E-state index in [9.17, 15) is 14.0 Å². The van der Waals surface area contributed by atoms with Crippen LogP contribution in [0.3, 0.4) is 0 Å². The highest BCUT2D eigenvalue weighted by atomic mass is 32.1. The monoisotopic (exact) mass is 371 g/mol. The van der Waals surface area contributed by atoms with Crippen LogP contribution in [0, 0.1) is 5.82 Å². The molecule has 1 aromatic carbocycles. The SMILES string of the molecule is O=c1nc2s/c(=C/c3cccs3)c(=O)n2nc1Cc1ccc(F)cc1. The maximum Gasteiger partial charge on any atom is 0.296 e. The first-order valence-electron chi connectivity index (χ1n) is 7.32. The quantitative estimate of drug-likeness (QED) is 0.551. The number of aromatic nitrogens is 3. The van der Waals surface area contributed by atoms with E-state index in [-0.39, 0.29) is 28.5 Å². The van der Waals surface area contributed by atoms with Crippen molar-refractivity contribution in [1.29, 1.82) is 0 Å². The second-order valence-corrected chi connectivity index (χ2v) is 7.28. The van der Waals surface area contributed by atoms with Crippen molar-refractivity contribution in [1.82, 2.24) is 14.6 Å². The van der Waals surface area contributed by atoms with Crippen molar-refractivity contribution in [2.45, 2.75) is 6.42 Å². The van der Waals surface area contributed by atoms with Crippen LogP contribution in [0.2, 0.25) is 0 Å². The summed E-state index contributed by atoms with van der Waals surface area (Å²) >= 11 is 2.65. The average molecular weight is 371 g/mol. The summed E-state index contributed by atoms with van der Waals surface area (Å²) in [4.78, 5) is 29.9. The number of rotatable bonds is 3. The van der Waals surface area contributed by atoms with Crippen LogP contribution in [0.4, 0.5) is 4.39 Å². The molecule has 0 aliphatic heterocycles. The summed E-state index contributed by atoms with van der Waals surface area (Å²) in [6.45, 7) is 0. The molecule has 0 saturated carbocycles. The van der Waals surface area contributed by atoms with Gasteiger partial charge in [0.2, 0.25) is 4.96 Å². The van der Waals surface area contributed by atoms with Crippen molar-refractivity contribution in [3.05, 3.63) is 89.0 Å². The van der Waals surface area contributed by atoms with E-state index in [0.717, 1.165) is 26.3 Å². The Hall–Kier alpha value is -2.71. The highest BCUT2D eigenvalue weighted by molar-refractivity contribution is 7.15. The molecule has 0 aliphatic carbocycles. The molecule has 0 fully saturated rings. The van der Waals surface area contributed by atoms with Crippen molar-refractivity contribution < 1.29 is 4.39 Å². The second-order valence-electron chi connectivity index (χ2n) is 5.29. The lowest BCUT2D eigenvalue weighted by Crippen LogP contribution is -2.27. The summed E-state index contributed by atoms with van der Waals surface area (Å²) in [7, 11) is 0. The Morgan fingerprint density at radius 3 is 2.68 bits per heavy atom. The molecule has 0 saturated heterocycles. The normalized spacial score (nSPS) is 12.1. The Labute approximate surface area is 148 Å². The molecular formula is C17H10FN3O2S2. The first-order chi connectivity index (χ1) is 12.1. The summed E-state index contributed by atoms with van der Waals surface area (Å²) in [5.41, 5.74) is 0.0944. The number of fused-ring (bicyclic) bond motifs is 1. The lowest BCUT2D eigenvalue weighted by atomic mass is 10.1. The smallest absolute Gasteiger partial charge is 0.266 e. The predicted octanol–water partition coefficient (Wildman–Crippen LogP) is 1.85. The van der Waals surface area contributed by atoms with Crippen LogP contribution in [-0.4, -0.2) is 14.6 Å². The summed E-state index contributed by atoms with van der Waals surface area (Å²) in [6, 6.07) is 9.58. The topological polar surface area (TPSA) is 64.3 Å². The Morgan fingerprint density at radius 2 is 1.96 bits per heavy atom. The molecule has 0 N–H and O–H groups in total. The number of hydrogen-bond donors (Lipinski definition) is 0. The summed E-state index contributed by atoms with van der Waals surface area (Å²) < 4.78 is 14.6. The maximum atomic E-state index is 13.0. The zero-order valence-corrected chi connectivity index (χ0v) is 14.3. The lowest BCUT2D eigenvalue weighted by molar-refractivity contribution is 0.627. The summed E-state index contributed by atoms with van der Waals surface area (Å²) in [5.74, 6) is -0.351. The standard InChI is InChI=1S/C17H10FN3O2S2/c18-11-5-3-10(4-6-11)8-13-15(22)19-17-21(20-13)16(23)14(25-17)9-12-2-1-7-24-12/h1-7,9H,8H2/b14-9+. The molecule has 3 heterocycles. The molecule has 8 heteroatoms. The number of halogens is 1. The van der Waals surface area contributed by atoms with Crippen LogP contribution in [0.25, 0.3) is 11.0 Å². The van der Waals surface area contributed by atoms with Crippen LogP contribution >= 0.6 is 22.7 Å². The third-order valence-corrected chi connectivity index (χ3v) is 5.33. The molecule has 0 amide bonds. The van der Waals surface area contributed by atoms with E-state index in [1.807, 2.05) is 17.5 Å². The van der Waals surface area contributed by atoms with Crippen LogP contribution in [0.15, 0.2) is 51.4 Å². The summed E-state index contributed by atoms with van der Waals surface area (Å²) in [5, 5.41) is 6.09. The number of thiazole rings is 1. The lowest BCUT2D eigenvalue weighted by Gasteiger charge is -2.00. The molecule has 25 heavy (non-hydrogen) atoms. The van der Waals surface area contributed by atoms with Crippen molar-refractivity contribution in [2.75, 3.05) is 0 Å². The molecule has 0 spiro atoms. The van der Waals surface area contributed by atoms with Gasteiger partial charge in [0.05, 0.1) is 4.53 Å². The highest BCUT2D eigenvalue weighted by Crippen LogP contribution is 2.09. The van der Waals surface area contributed by atoms with Gasteiger partial charge in [0, 0.05) is 11.3 Å². The van der Waals surface area contributed by atoms with Gasteiger partial charge in [0.1, 0.15) is 11.5 Å². The van der Waals surface area contributed by atoms with Gasteiger partial charge in [-0.05, 0) is 35.2 Å². The van der Waals surface area contributed by atoms with Gasteiger partial charge in [-0.15, -0.1) is 11.3 Å². The second kappa shape index (κ2) is 6.30. The minimum absolute atomic E-state index is 0.154. The minimum Gasteiger partial charge on any atom is -0.266 e. The molecule has 0 bridgehead atoms. The van der Waals surface area contributed by atoms with Crippen LogP contribution in [0.5, 0.6) is 0 Å². The first-order valence-corrected chi connectivity index (χ1v) is 9.02. The highest BCUT2D eigenvalue weighted by Gasteiger charge is 2.11. The van der Waals surface area contributed by atoms with Gasteiger partial charge in [-0.25, -0.2) is 4.39 Å². The largest absolute Gasteiger partial charge is 0.296 e. The Kier molecular flexibility index (Phi) is 3.98. The van der Waals surface area contributed by atoms with E-state index in [0.29, 0.717) is 4.53 Å². The molecule has 0 atom stereocenters. The van der Waals surface area contributed by atoms with Crippen molar-refractivity contribution in [2.24, 2.45) is 0 Å². The summed E-state index contributed by atoms with van der Waals surface area (Å²) in [6.07, 6.45) is 1.95. The van der Waals surface area contributed by atoms with Crippen molar-refractivity contribution in [3.63, 3.8) is 0 Å². The van der Waals surface area contributed by atoms with Gasteiger partial charge < -0.3 is 0 Å². The van der Waals surface area contributed by atoms with E-state index in [1.165, 1.54) is 23.5 Å². The van der Waals surface area contributed by atoms with Gasteiger partial charge in [-0.2, -0.15) is 14.6 Å². The number of hydrogen-bond acceptors (Lipinski definition) is 6. The molecule has 0 radical (unpaired) electrons. The maximum absolute atomic E-state index is 13.0.